The van der Waals surface area contributed by atoms with Crippen molar-refractivity contribution in [2.45, 2.75) is 19.1 Å². The van der Waals surface area contributed by atoms with Crippen LogP contribution in [0.3, 0.4) is 0 Å². The molecule has 1 fully saturated rings. The first-order valence-electron chi connectivity index (χ1n) is 7.97. The number of pyridine rings is 1. The smallest absolute Gasteiger partial charge is 0.253 e. The zero-order chi connectivity index (χ0) is 17.6. The third-order valence-electron chi connectivity index (χ3n) is 3.87. The molecule has 0 bridgehead atoms. The maximum absolute atomic E-state index is 12.3. The van der Waals surface area contributed by atoms with Gasteiger partial charge in [-0.1, -0.05) is 29.8 Å². The second-order valence-corrected chi connectivity index (χ2v) is 6.02. The Morgan fingerprint density at radius 1 is 1.44 bits per heavy atom. The van der Waals surface area contributed by atoms with Gasteiger partial charge in [0.2, 0.25) is 5.88 Å². The van der Waals surface area contributed by atoms with Crippen LogP contribution < -0.4 is 14.8 Å². The van der Waals surface area contributed by atoms with E-state index in [2.05, 4.69) is 10.3 Å². The summed E-state index contributed by atoms with van der Waals surface area (Å²) in [5, 5.41) is 3.13. The molecule has 0 saturated carbocycles. The first-order valence-corrected chi connectivity index (χ1v) is 8.35. The molecule has 1 amide bonds. The summed E-state index contributed by atoms with van der Waals surface area (Å²) in [6.07, 6.45) is 2.21. The molecule has 2 heterocycles. The van der Waals surface area contributed by atoms with E-state index in [1.165, 1.54) is 6.20 Å². The van der Waals surface area contributed by atoms with Crippen molar-refractivity contribution in [3.05, 3.63) is 52.7 Å². The Bertz CT molecular complexity index is 748. The van der Waals surface area contributed by atoms with Gasteiger partial charge in [0, 0.05) is 24.7 Å². The molecule has 1 aliphatic heterocycles. The lowest BCUT2D eigenvalue weighted by molar-refractivity contribution is 0.0950. The second kappa shape index (κ2) is 8.18. The minimum absolute atomic E-state index is 0.0461. The van der Waals surface area contributed by atoms with Crippen LogP contribution in [0.5, 0.6) is 11.6 Å². The van der Waals surface area contributed by atoms with Crippen molar-refractivity contribution in [3.8, 4) is 11.6 Å². The Morgan fingerprint density at radius 2 is 2.28 bits per heavy atom. The molecular formula is C18H19ClN2O4. The number of hydrogen-bond donors (Lipinski definition) is 1. The van der Waals surface area contributed by atoms with Gasteiger partial charge in [0.1, 0.15) is 16.9 Å². The van der Waals surface area contributed by atoms with Crippen LogP contribution in [0.4, 0.5) is 0 Å². The zero-order valence-electron chi connectivity index (χ0n) is 13.8. The van der Waals surface area contributed by atoms with Gasteiger partial charge >= 0.3 is 0 Å². The van der Waals surface area contributed by atoms with Crippen LogP contribution >= 0.6 is 11.6 Å². The van der Waals surface area contributed by atoms with E-state index in [0.717, 1.165) is 17.7 Å². The van der Waals surface area contributed by atoms with Crippen molar-refractivity contribution in [1.29, 1.82) is 0 Å². The van der Waals surface area contributed by atoms with Gasteiger partial charge < -0.3 is 19.5 Å². The number of nitrogens with zero attached hydrogens (tertiary/aromatic N) is 1. The average molecular weight is 363 g/mol. The molecule has 1 atom stereocenters. The van der Waals surface area contributed by atoms with E-state index in [-0.39, 0.29) is 12.0 Å². The third kappa shape index (κ3) is 4.41. The SMILES string of the molecule is COc1ccccc1CNC(=O)c1cnc(O[C@H]2CCOC2)c(Cl)c1. The highest BCUT2D eigenvalue weighted by Crippen LogP contribution is 2.25. The van der Waals surface area contributed by atoms with Crippen molar-refractivity contribution in [2.75, 3.05) is 20.3 Å². The van der Waals surface area contributed by atoms with Crippen LogP contribution in [-0.2, 0) is 11.3 Å². The molecule has 0 aliphatic carbocycles. The number of nitrogens with one attached hydrogen (secondary N) is 1. The molecule has 7 heteroatoms. The number of aromatic nitrogens is 1. The first-order chi connectivity index (χ1) is 12.2. The van der Waals surface area contributed by atoms with E-state index in [1.807, 2.05) is 24.3 Å². The van der Waals surface area contributed by atoms with Gasteiger partial charge in [0.05, 0.1) is 25.9 Å². The van der Waals surface area contributed by atoms with Gasteiger partial charge in [-0.2, -0.15) is 0 Å². The second-order valence-electron chi connectivity index (χ2n) is 5.61. The molecule has 3 rings (SSSR count). The molecule has 1 saturated heterocycles. The molecule has 0 radical (unpaired) electrons. The summed E-state index contributed by atoms with van der Waals surface area (Å²) >= 11 is 6.19. The van der Waals surface area contributed by atoms with E-state index in [0.29, 0.717) is 36.2 Å². The van der Waals surface area contributed by atoms with Crippen molar-refractivity contribution in [2.24, 2.45) is 0 Å². The highest BCUT2D eigenvalue weighted by molar-refractivity contribution is 6.32. The number of rotatable bonds is 6. The van der Waals surface area contributed by atoms with Gasteiger partial charge in [-0.05, 0) is 12.1 Å². The number of hydrogen-bond acceptors (Lipinski definition) is 5. The number of carbonyl (C=O) groups excluding carboxylic acids is 1. The van der Waals surface area contributed by atoms with Gasteiger partial charge in [-0.25, -0.2) is 4.98 Å². The van der Waals surface area contributed by atoms with E-state index in [9.17, 15) is 4.79 Å². The van der Waals surface area contributed by atoms with Gasteiger partial charge in [0.25, 0.3) is 5.91 Å². The van der Waals surface area contributed by atoms with Crippen LogP contribution in [-0.4, -0.2) is 37.3 Å². The molecule has 1 aliphatic rings. The maximum atomic E-state index is 12.3. The number of ether oxygens (including phenoxy) is 3. The van der Waals surface area contributed by atoms with E-state index < -0.39 is 0 Å². The van der Waals surface area contributed by atoms with Crippen LogP contribution in [0.25, 0.3) is 0 Å². The minimum Gasteiger partial charge on any atom is -0.496 e. The fourth-order valence-corrected chi connectivity index (χ4v) is 2.74. The standard InChI is InChI=1S/C18H19ClN2O4/c1-23-16-5-3-2-4-12(16)9-20-17(22)13-8-15(19)18(21-10-13)25-14-6-7-24-11-14/h2-5,8,10,14H,6-7,9,11H2,1H3,(H,20,22)/t14-/m0/s1. The maximum Gasteiger partial charge on any atom is 0.253 e. The molecule has 25 heavy (non-hydrogen) atoms. The monoisotopic (exact) mass is 362 g/mol. The number of benzene rings is 1. The predicted molar refractivity (Wildman–Crippen MR) is 93.3 cm³/mol. The Morgan fingerprint density at radius 3 is 3.00 bits per heavy atom. The van der Waals surface area contributed by atoms with Crippen LogP contribution in [0.15, 0.2) is 36.5 Å². The average Bonchev–Trinajstić information content (AvgIpc) is 3.14. The Hall–Kier alpha value is -2.31. The molecule has 0 unspecified atom stereocenters. The van der Waals surface area contributed by atoms with Crippen molar-refractivity contribution < 1.29 is 19.0 Å². The number of carbonyl (C=O) groups is 1. The lowest BCUT2D eigenvalue weighted by Crippen LogP contribution is -2.23. The summed E-state index contributed by atoms with van der Waals surface area (Å²) in [5.41, 5.74) is 1.26. The molecule has 132 valence electrons. The van der Waals surface area contributed by atoms with Gasteiger partial charge in [0.15, 0.2) is 0 Å². The lowest BCUT2D eigenvalue weighted by Gasteiger charge is -2.13. The first kappa shape index (κ1) is 17.5. The Labute approximate surface area is 151 Å². The molecule has 1 aromatic carbocycles. The minimum atomic E-state index is -0.268. The largest absolute Gasteiger partial charge is 0.496 e. The summed E-state index contributed by atoms with van der Waals surface area (Å²) in [6.45, 7) is 1.54. The molecule has 2 aromatic rings. The topological polar surface area (TPSA) is 69.7 Å². The summed E-state index contributed by atoms with van der Waals surface area (Å²) in [5.74, 6) is 0.774. The van der Waals surface area contributed by atoms with Crippen molar-refractivity contribution >= 4 is 17.5 Å². The van der Waals surface area contributed by atoms with E-state index in [1.54, 1.807) is 13.2 Å². The van der Waals surface area contributed by atoms with Crippen molar-refractivity contribution in [3.63, 3.8) is 0 Å². The van der Waals surface area contributed by atoms with Crippen molar-refractivity contribution in [1.82, 2.24) is 10.3 Å². The predicted octanol–water partition coefficient (Wildman–Crippen LogP) is 2.84. The van der Waals surface area contributed by atoms with Crippen LogP contribution in [0.2, 0.25) is 5.02 Å². The van der Waals surface area contributed by atoms with E-state index in [4.69, 9.17) is 25.8 Å². The fourth-order valence-electron chi connectivity index (χ4n) is 2.53. The van der Waals surface area contributed by atoms with E-state index >= 15 is 0 Å². The lowest BCUT2D eigenvalue weighted by atomic mass is 10.2. The number of methoxy groups -OCH3 is 1. The normalized spacial score (nSPS) is 16.5. The Balaban J connectivity index is 1.63. The molecule has 6 nitrogen and oxygen atoms in total. The highest BCUT2D eigenvalue weighted by Gasteiger charge is 2.20. The van der Waals surface area contributed by atoms with Crippen LogP contribution in [0, 0.1) is 0 Å². The Kier molecular flexibility index (Phi) is 5.73. The van der Waals surface area contributed by atoms with Gasteiger partial charge in [-0.3, -0.25) is 4.79 Å². The molecule has 1 aromatic heterocycles. The molecule has 0 spiro atoms. The fraction of sp³-hybridized carbons (Fsp3) is 0.333. The van der Waals surface area contributed by atoms with Gasteiger partial charge in [-0.15, -0.1) is 0 Å². The number of para-hydroxylation sites is 1. The quantitative estimate of drug-likeness (QED) is 0.855. The highest BCUT2D eigenvalue weighted by atomic mass is 35.5. The zero-order valence-corrected chi connectivity index (χ0v) is 14.6. The van der Waals surface area contributed by atoms with Crippen LogP contribution in [0.1, 0.15) is 22.3 Å². The molecule has 1 N–H and O–H groups in total. The number of amides is 1. The summed E-state index contributed by atoms with van der Waals surface area (Å²) in [7, 11) is 1.60. The third-order valence-corrected chi connectivity index (χ3v) is 4.14. The summed E-state index contributed by atoms with van der Waals surface area (Å²) < 4.78 is 16.2. The summed E-state index contributed by atoms with van der Waals surface area (Å²) in [4.78, 5) is 16.5. The summed E-state index contributed by atoms with van der Waals surface area (Å²) in [6, 6.07) is 9.06. The molecular weight excluding hydrogens is 344 g/mol. The number of halogens is 1.